The lowest BCUT2D eigenvalue weighted by molar-refractivity contribution is -0.141. The van der Waals surface area contributed by atoms with Gasteiger partial charge in [-0.3, -0.25) is 9.69 Å². The molecule has 4 rings (SSSR count). The number of likely N-dealkylation sites (tertiary alicyclic amines) is 2. The monoisotopic (exact) mass is 349 g/mol. The molecule has 0 saturated carbocycles. The summed E-state index contributed by atoms with van der Waals surface area (Å²) in [5.74, 6) is 0.334. The SMILES string of the molecule is O=C1CCC2(CCN(Cc3cscn3)CC2)CN1C[C@H]1CCCO1. The highest BCUT2D eigenvalue weighted by atomic mass is 32.1. The maximum atomic E-state index is 12.3. The lowest BCUT2D eigenvalue weighted by Crippen LogP contribution is -2.52. The summed E-state index contributed by atoms with van der Waals surface area (Å²) in [6, 6.07) is 0. The Hall–Kier alpha value is -0.980. The third-order valence-corrected chi connectivity index (χ3v) is 6.62. The van der Waals surface area contributed by atoms with Crippen molar-refractivity contribution in [3.05, 3.63) is 16.6 Å². The smallest absolute Gasteiger partial charge is 0.222 e. The summed E-state index contributed by atoms with van der Waals surface area (Å²) in [5, 5.41) is 2.15. The highest BCUT2D eigenvalue weighted by molar-refractivity contribution is 7.07. The summed E-state index contributed by atoms with van der Waals surface area (Å²) >= 11 is 1.67. The molecule has 132 valence electrons. The van der Waals surface area contributed by atoms with Gasteiger partial charge in [0, 0.05) is 38.0 Å². The van der Waals surface area contributed by atoms with Crippen molar-refractivity contribution >= 4 is 17.2 Å². The minimum Gasteiger partial charge on any atom is -0.376 e. The number of amides is 1. The van der Waals surface area contributed by atoms with E-state index in [1.165, 1.54) is 18.5 Å². The molecule has 1 spiro atoms. The lowest BCUT2D eigenvalue weighted by atomic mass is 9.72. The summed E-state index contributed by atoms with van der Waals surface area (Å²) in [6.45, 7) is 5.83. The van der Waals surface area contributed by atoms with Crippen LogP contribution < -0.4 is 0 Å². The number of thiazole rings is 1. The van der Waals surface area contributed by atoms with Crippen molar-refractivity contribution in [3.63, 3.8) is 0 Å². The Bertz CT molecular complexity index is 549. The van der Waals surface area contributed by atoms with Gasteiger partial charge in [-0.2, -0.15) is 0 Å². The minimum atomic E-state index is 0.272. The van der Waals surface area contributed by atoms with Gasteiger partial charge in [-0.25, -0.2) is 4.98 Å². The molecule has 0 aromatic carbocycles. The fraction of sp³-hybridized carbons (Fsp3) is 0.778. The number of piperidine rings is 2. The molecule has 1 amide bonds. The molecule has 0 bridgehead atoms. The molecule has 5 nitrogen and oxygen atoms in total. The number of aromatic nitrogens is 1. The van der Waals surface area contributed by atoms with E-state index >= 15 is 0 Å². The Balaban J connectivity index is 1.32. The predicted molar refractivity (Wildman–Crippen MR) is 93.8 cm³/mol. The number of hydrogen-bond acceptors (Lipinski definition) is 5. The van der Waals surface area contributed by atoms with E-state index < -0.39 is 0 Å². The molecule has 3 fully saturated rings. The summed E-state index contributed by atoms with van der Waals surface area (Å²) < 4.78 is 5.75. The van der Waals surface area contributed by atoms with Crippen LogP contribution in [-0.4, -0.2) is 59.6 Å². The van der Waals surface area contributed by atoms with Crippen LogP contribution in [0.15, 0.2) is 10.9 Å². The van der Waals surface area contributed by atoms with Gasteiger partial charge in [0.2, 0.25) is 5.91 Å². The molecule has 4 heterocycles. The Morgan fingerprint density at radius 1 is 1.33 bits per heavy atom. The second-order valence-electron chi connectivity index (χ2n) is 7.67. The normalized spacial score (nSPS) is 27.9. The van der Waals surface area contributed by atoms with E-state index in [-0.39, 0.29) is 6.10 Å². The molecule has 0 radical (unpaired) electrons. The van der Waals surface area contributed by atoms with Crippen LogP contribution in [0.5, 0.6) is 0 Å². The highest BCUT2D eigenvalue weighted by Gasteiger charge is 2.41. The maximum absolute atomic E-state index is 12.3. The number of nitrogens with zero attached hydrogens (tertiary/aromatic N) is 3. The predicted octanol–water partition coefficient (Wildman–Crippen LogP) is 2.53. The van der Waals surface area contributed by atoms with E-state index in [0.29, 0.717) is 11.3 Å². The van der Waals surface area contributed by atoms with E-state index in [2.05, 4.69) is 20.2 Å². The zero-order valence-corrected chi connectivity index (χ0v) is 15.1. The number of rotatable bonds is 4. The lowest BCUT2D eigenvalue weighted by Gasteiger charge is -2.47. The van der Waals surface area contributed by atoms with Gasteiger partial charge in [0.05, 0.1) is 17.3 Å². The first-order valence-corrected chi connectivity index (χ1v) is 10.2. The second-order valence-corrected chi connectivity index (χ2v) is 8.38. The van der Waals surface area contributed by atoms with Crippen LogP contribution in [-0.2, 0) is 16.1 Å². The zero-order chi connectivity index (χ0) is 16.4. The van der Waals surface area contributed by atoms with Crippen molar-refractivity contribution in [2.24, 2.45) is 5.41 Å². The molecule has 24 heavy (non-hydrogen) atoms. The molecule has 6 heteroatoms. The third-order valence-electron chi connectivity index (χ3n) is 5.98. The molecule has 3 aliphatic rings. The number of carbonyl (C=O) groups is 1. The minimum absolute atomic E-state index is 0.272. The van der Waals surface area contributed by atoms with E-state index in [9.17, 15) is 4.79 Å². The molecular weight excluding hydrogens is 322 g/mol. The van der Waals surface area contributed by atoms with Gasteiger partial charge >= 0.3 is 0 Å². The van der Waals surface area contributed by atoms with E-state index in [0.717, 1.165) is 65.0 Å². The third kappa shape index (κ3) is 3.65. The van der Waals surface area contributed by atoms with Crippen LogP contribution in [0, 0.1) is 5.41 Å². The van der Waals surface area contributed by atoms with Crippen molar-refractivity contribution in [1.82, 2.24) is 14.8 Å². The Labute approximate surface area is 148 Å². The maximum Gasteiger partial charge on any atom is 0.222 e. The Morgan fingerprint density at radius 2 is 2.21 bits per heavy atom. The first-order valence-electron chi connectivity index (χ1n) is 9.21. The van der Waals surface area contributed by atoms with Crippen molar-refractivity contribution < 1.29 is 9.53 Å². The number of hydrogen-bond donors (Lipinski definition) is 0. The fourth-order valence-electron chi connectivity index (χ4n) is 4.44. The van der Waals surface area contributed by atoms with E-state index in [1.807, 2.05) is 5.51 Å². The fourth-order valence-corrected chi connectivity index (χ4v) is 4.99. The molecule has 1 atom stereocenters. The molecule has 0 unspecified atom stereocenters. The van der Waals surface area contributed by atoms with E-state index in [1.54, 1.807) is 11.3 Å². The molecule has 3 aliphatic heterocycles. The Morgan fingerprint density at radius 3 is 2.92 bits per heavy atom. The highest BCUT2D eigenvalue weighted by Crippen LogP contribution is 2.40. The van der Waals surface area contributed by atoms with Gasteiger partial charge in [-0.05, 0) is 50.6 Å². The average molecular weight is 350 g/mol. The largest absolute Gasteiger partial charge is 0.376 e. The van der Waals surface area contributed by atoms with Crippen molar-refractivity contribution in [2.75, 3.05) is 32.8 Å². The van der Waals surface area contributed by atoms with Crippen LogP contribution in [0.4, 0.5) is 0 Å². The van der Waals surface area contributed by atoms with Gasteiger partial charge < -0.3 is 9.64 Å². The molecular formula is C18H27N3O2S. The van der Waals surface area contributed by atoms with Crippen LogP contribution in [0.2, 0.25) is 0 Å². The van der Waals surface area contributed by atoms with Gasteiger partial charge in [0.25, 0.3) is 0 Å². The quantitative estimate of drug-likeness (QED) is 0.838. The van der Waals surface area contributed by atoms with Crippen LogP contribution in [0.1, 0.15) is 44.2 Å². The Kier molecular flexibility index (Phi) is 4.88. The van der Waals surface area contributed by atoms with Gasteiger partial charge in [0.1, 0.15) is 0 Å². The first kappa shape index (κ1) is 16.5. The summed E-state index contributed by atoms with van der Waals surface area (Å²) in [5.41, 5.74) is 3.44. The second kappa shape index (κ2) is 7.10. The average Bonchev–Trinajstić information content (AvgIpc) is 3.27. The summed E-state index contributed by atoms with van der Waals surface area (Å²) in [6.07, 6.45) is 6.71. The van der Waals surface area contributed by atoms with Crippen molar-refractivity contribution in [1.29, 1.82) is 0 Å². The zero-order valence-electron chi connectivity index (χ0n) is 14.3. The molecule has 3 saturated heterocycles. The number of ether oxygens (including phenoxy) is 1. The van der Waals surface area contributed by atoms with E-state index in [4.69, 9.17) is 4.74 Å². The molecule has 1 aromatic rings. The van der Waals surface area contributed by atoms with Crippen LogP contribution in [0.3, 0.4) is 0 Å². The topological polar surface area (TPSA) is 45.7 Å². The number of carbonyl (C=O) groups excluding carboxylic acids is 1. The molecule has 0 aliphatic carbocycles. The molecule has 0 N–H and O–H groups in total. The van der Waals surface area contributed by atoms with Crippen LogP contribution >= 0.6 is 11.3 Å². The summed E-state index contributed by atoms with van der Waals surface area (Å²) in [7, 11) is 0. The van der Waals surface area contributed by atoms with Crippen molar-refractivity contribution in [3.8, 4) is 0 Å². The van der Waals surface area contributed by atoms with Gasteiger partial charge in [0.15, 0.2) is 0 Å². The van der Waals surface area contributed by atoms with Gasteiger partial charge in [-0.15, -0.1) is 11.3 Å². The van der Waals surface area contributed by atoms with Crippen LogP contribution in [0.25, 0.3) is 0 Å². The first-order chi connectivity index (χ1) is 11.7. The molecule has 1 aromatic heterocycles. The standard InChI is InChI=1S/C18H27N3O2S/c22-17-3-4-18(13-21(17)11-16-2-1-9-23-16)5-7-20(8-6-18)10-15-12-24-14-19-15/h12,14,16H,1-11,13H2/t16-/m1/s1. The summed E-state index contributed by atoms with van der Waals surface area (Å²) in [4.78, 5) is 21.4. The van der Waals surface area contributed by atoms with Gasteiger partial charge in [-0.1, -0.05) is 0 Å². The van der Waals surface area contributed by atoms with Crippen molar-refractivity contribution in [2.45, 2.75) is 51.2 Å².